The summed E-state index contributed by atoms with van der Waals surface area (Å²) < 4.78 is 3.21. The lowest BCUT2D eigenvalue weighted by Crippen LogP contribution is -2.19. The molecular weight excluding hydrogens is 248 g/mol. The van der Waals surface area contributed by atoms with Crippen molar-refractivity contribution in [3.8, 4) is 11.3 Å². The summed E-state index contributed by atoms with van der Waals surface area (Å²) in [4.78, 5) is 13.2. The molecular formula is C11H16N6O2. The lowest BCUT2D eigenvalue weighted by molar-refractivity contribution is 0.0691. The number of aromatic carboxylic acids is 1. The van der Waals surface area contributed by atoms with Crippen molar-refractivity contribution < 1.29 is 9.90 Å². The van der Waals surface area contributed by atoms with Crippen LogP contribution in [-0.2, 0) is 13.6 Å². The molecule has 0 spiro atoms. The molecule has 0 aliphatic carbocycles. The number of carboxylic acid groups (broad SMARTS) is 1. The third-order valence-corrected chi connectivity index (χ3v) is 2.68. The standard InChI is InChI=1S/C11H16N6O2/c1-15(2)4-5-17-10(8-6-12-16(3)7-8)9(11(18)19)13-14-17/h6-7H,4-5H2,1-3H3,(H,18,19). The lowest BCUT2D eigenvalue weighted by Gasteiger charge is -2.10. The Morgan fingerprint density at radius 3 is 2.74 bits per heavy atom. The van der Waals surface area contributed by atoms with Crippen molar-refractivity contribution in [2.45, 2.75) is 6.54 Å². The van der Waals surface area contributed by atoms with E-state index in [1.807, 2.05) is 19.0 Å². The summed E-state index contributed by atoms with van der Waals surface area (Å²) in [5, 5.41) is 20.9. The smallest absolute Gasteiger partial charge is 0.358 e. The van der Waals surface area contributed by atoms with Crippen molar-refractivity contribution in [3.05, 3.63) is 18.1 Å². The van der Waals surface area contributed by atoms with Gasteiger partial charge in [-0.05, 0) is 14.1 Å². The van der Waals surface area contributed by atoms with Crippen molar-refractivity contribution in [1.82, 2.24) is 29.7 Å². The van der Waals surface area contributed by atoms with Crippen LogP contribution >= 0.6 is 0 Å². The van der Waals surface area contributed by atoms with Gasteiger partial charge in [0, 0.05) is 25.4 Å². The first-order valence-electron chi connectivity index (χ1n) is 5.79. The number of carboxylic acids is 1. The van der Waals surface area contributed by atoms with Gasteiger partial charge in [0.25, 0.3) is 0 Å². The highest BCUT2D eigenvalue weighted by molar-refractivity contribution is 5.92. The molecule has 0 atom stereocenters. The highest BCUT2D eigenvalue weighted by atomic mass is 16.4. The predicted molar refractivity (Wildman–Crippen MR) is 67.7 cm³/mol. The second kappa shape index (κ2) is 5.19. The zero-order valence-corrected chi connectivity index (χ0v) is 11.1. The summed E-state index contributed by atoms with van der Waals surface area (Å²) in [5.74, 6) is -1.09. The molecule has 1 N–H and O–H groups in total. The van der Waals surface area contributed by atoms with Crippen LogP contribution in [0.3, 0.4) is 0 Å². The summed E-state index contributed by atoms with van der Waals surface area (Å²) >= 11 is 0. The highest BCUT2D eigenvalue weighted by Crippen LogP contribution is 2.21. The normalized spacial score (nSPS) is 11.2. The van der Waals surface area contributed by atoms with E-state index in [-0.39, 0.29) is 5.69 Å². The van der Waals surface area contributed by atoms with Gasteiger partial charge in [0.1, 0.15) is 5.69 Å². The third-order valence-electron chi connectivity index (χ3n) is 2.68. The first-order valence-corrected chi connectivity index (χ1v) is 5.79. The van der Waals surface area contributed by atoms with Crippen LogP contribution in [0.1, 0.15) is 10.5 Å². The topological polar surface area (TPSA) is 89.1 Å². The Morgan fingerprint density at radius 1 is 1.47 bits per heavy atom. The number of aromatic nitrogens is 5. The Balaban J connectivity index is 2.42. The van der Waals surface area contributed by atoms with Crippen LogP contribution in [0.4, 0.5) is 0 Å². The fourth-order valence-corrected chi connectivity index (χ4v) is 1.74. The van der Waals surface area contributed by atoms with Gasteiger partial charge in [-0.1, -0.05) is 5.21 Å². The molecule has 19 heavy (non-hydrogen) atoms. The Labute approximate surface area is 110 Å². The molecule has 0 amide bonds. The number of likely N-dealkylation sites (N-methyl/N-ethyl adjacent to an activating group) is 1. The third kappa shape index (κ3) is 2.79. The number of nitrogens with zero attached hydrogens (tertiary/aromatic N) is 6. The number of carbonyl (C=O) groups is 1. The minimum atomic E-state index is -1.09. The maximum Gasteiger partial charge on any atom is 0.358 e. The molecule has 0 fully saturated rings. The lowest BCUT2D eigenvalue weighted by atomic mass is 10.2. The minimum absolute atomic E-state index is 0.0493. The van der Waals surface area contributed by atoms with Gasteiger partial charge in [0.15, 0.2) is 5.69 Å². The van der Waals surface area contributed by atoms with Crippen molar-refractivity contribution in [1.29, 1.82) is 0 Å². The van der Waals surface area contributed by atoms with Gasteiger partial charge in [-0.25, -0.2) is 9.48 Å². The summed E-state index contributed by atoms with van der Waals surface area (Å²) in [7, 11) is 5.66. The number of rotatable bonds is 5. The van der Waals surface area contributed by atoms with E-state index in [0.717, 1.165) is 6.54 Å². The van der Waals surface area contributed by atoms with Gasteiger partial charge in [0.05, 0.1) is 12.7 Å². The van der Waals surface area contributed by atoms with E-state index in [0.29, 0.717) is 17.8 Å². The summed E-state index contributed by atoms with van der Waals surface area (Å²) in [6, 6.07) is 0. The molecule has 8 heteroatoms. The van der Waals surface area contributed by atoms with Gasteiger partial charge in [0.2, 0.25) is 0 Å². The molecule has 0 aliphatic heterocycles. The molecule has 2 aromatic heterocycles. The molecule has 0 saturated heterocycles. The number of hydrogen-bond acceptors (Lipinski definition) is 5. The first-order chi connectivity index (χ1) is 8.99. The van der Waals surface area contributed by atoms with Crippen molar-refractivity contribution in [2.75, 3.05) is 20.6 Å². The Hall–Kier alpha value is -2.22. The molecule has 0 bridgehead atoms. The predicted octanol–water partition coefficient (Wildman–Crippen LogP) is -0.0616. The van der Waals surface area contributed by atoms with Crippen LogP contribution in [0.15, 0.2) is 12.4 Å². The van der Waals surface area contributed by atoms with Crippen molar-refractivity contribution in [3.63, 3.8) is 0 Å². The molecule has 0 aromatic carbocycles. The second-order valence-corrected chi connectivity index (χ2v) is 4.52. The Morgan fingerprint density at radius 2 is 2.21 bits per heavy atom. The van der Waals surface area contributed by atoms with Crippen LogP contribution in [-0.4, -0.2) is 61.4 Å². The molecule has 102 valence electrons. The van der Waals surface area contributed by atoms with Crippen LogP contribution in [0.2, 0.25) is 0 Å². The molecule has 2 heterocycles. The van der Waals surface area contributed by atoms with Crippen LogP contribution in [0, 0.1) is 0 Å². The average molecular weight is 264 g/mol. The summed E-state index contributed by atoms with van der Waals surface area (Å²) in [6.07, 6.45) is 3.36. The van der Waals surface area contributed by atoms with Crippen LogP contribution in [0.25, 0.3) is 11.3 Å². The molecule has 2 rings (SSSR count). The van der Waals surface area contributed by atoms with Crippen LogP contribution in [0.5, 0.6) is 0 Å². The maximum absolute atomic E-state index is 11.2. The number of aryl methyl sites for hydroxylation is 1. The SMILES string of the molecule is CN(C)CCn1nnc(C(=O)O)c1-c1cnn(C)c1. The van der Waals surface area contributed by atoms with Crippen LogP contribution < -0.4 is 0 Å². The van der Waals surface area contributed by atoms with E-state index < -0.39 is 5.97 Å². The summed E-state index contributed by atoms with van der Waals surface area (Å²) in [5.41, 5.74) is 1.14. The fourth-order valence-electron chi connectivity index (χ4n) is 1.74. The maximum atomic E-state index is 11.2. The van der Waals surface area contributed by atoms with E-state index in [1.165, 1.54) is 0 Å². The quantitative estimate of drug-likeness (QED) is 0.813. The molecule has 0 aliphatic rings. The number of hydrogen-bond donors (Lipinski definition) is 1. The average Bonchev–Trinajstić information content (AvgIpc) is 2.91. The van der Waals surface area contributed by atoms with Gasteiger partial charge in [-0.2, -0.15) is 5.10 Å². The highest BCUT2D eigenvalue weighted by Gasteiger charge is 2.21. The summed E-state index contributed by atoms with van der Waals surface area (Å²) in [6.45, 7) is 1.31. The van der Waals surface area contributed by atoms with Crippen molar-refractivity contribution in [2.24, 2.45) is 7.05 Å². The second-order valence-electron chi connectivity index (χ2n) is 4.52. The van der Waals surface area contributed by atoms with E-state index in [4.69, 9.17) is 0 Å². The van der Waals surface area contributed by atoms with E-state index in [1.54, 1.807) is 28.8 Å². The van der Waals surface area contributed by atoms with Crippen molar-refractivity contribution >= 4 is 5.97 Å². The van der Waals surface area contributed by atoms with Gasteiger partial charge in [-0.15, -0.1) is 5.10 Å². The Bertz CT molecular complexity index is 586. The largest absolute Gasteiger partial charge is 0.476 e. The first kappa shape index (κ1) is 13.2. The van der Waals surface area contributed by atoms with Gasteiger partial charge < -0.3 is 10.0 Å². The van der Waals surface area contributed by atoms with Gasteiger partial charge in [-0.3, -0.25) is 4.68 Å². The molecule has 0 saturated carbocycles. The molecule has 0 radical (unpaired) electrons. The zero-order chi connectivity index (χ0) is 14.0. The van der Waals surface area contributed by atoms with E-state index in [9.17, 15) is 9.90 Å². The van der Waals surface area contributed by atoms with E-state index in [2.05, 4.69) is 15.4 Å². The fraction of sp³-hybridized carbons (Fsp3) is 0.455. The van der Waals surface area contributed by atoms with Gasteiger partial charge >= 0.3 is 5.97 Å². The molecule has 0 unspecified atom stereocenters. The Kier molecular flexibility index (Phi) is 3.61. The molecule has 2 aromatic rings. The molecule has 8 nitrogen and oxygen atoms in total. The van der Waals surface area contributed by atoms with E-state index >= 15 is 0 Å². The minimum Gasteiger partial charge on any atom is -0.476 e. The zero-order valence-electron chi connectivity index (χ0n) is 11.1. The monoisotopic (exact) mass is 264 g/mol.